The van der Waals surface area contributed by atoms with Crippen LogP contribution >= 0.6 is 0 Å². The lowest BCUT2D eigenvalue weighted by atomic mass is 9.45. The zero-order chi connectivity index (χ0) is 14.7. The quantitative estimate of drug-likeness (QED) is 0.508. The lowest BCUT2D eigenvalue weighted by Crippen LogP contribution is -2.52. The topological polar surface area (TPSA) is 0 Å². The van der Waals surface area contributed by atoms with E-state index in [0.717, 1.165) is 23.7 Å². The van der Waals surface area contributed by atoms with Crippen molar-refractivity contribution in [3.05, 3.63) is 11.6 Å². The maximum absolute atomic E-state index is 5.81. The molecule has 4 rings (SSSR count). The number of allylic oxidation sites excluding steroid dienone is 2. The molecule has 1 unspecified atom stereocenters. The fourth-order valence-corrected chi connectivity index (χ4v) is 7.09. The Morgan fingerprint density at radius 3 is 2.71 bits per heavy atom. The van der Waals surface area contributed by atoms with Gasteiger partial charge in [-0.1, -0.05) is 38.7 Å². The van der Waals surface area contributed by atoms with Crippen LogP contribution in [0, 0.1) is 46.8 Å². The number of hydrogen-bond acceptors (Lipinski definition) is 0. The summed E-state index contributed by atoms with van der Waals surface area (Å²) in [6, 6.07) is 0. The van der Waals surface area contributed by atoms with Crippen molar-refractivity contribution in [3.63, 3.8) is 0 Å². The Hall–Kier alpha value is -0.700. The van der Waals surface area contributed by atoms with Crippen LogP contribution in [0.15, 0.2) is 11.6 Å². The molecule has 3 fully saturated rings. The van der Waals surface area contributed by atoms with Gasteiger partial charge in [0.2, 0.25) is 0 Å². The molecular weight excluding hydrogens is 252 g/mol. The van der Waals surface area contributed by atoms with Crippen molar-refractivity contribution in [2.75, 3.05) is 0 Å². The van der Waals surface area contributed by atoms with Crippen LogP contribution in [0.3, 0.4) is 0 Å². The highest BCUT2D eigenvalue weighted by molar-refractivity contribution is 5.38. The van der Waals surface area contributed by atoms with Gasteiger partial charge >= 0.3 is 0 Å². The van der Waals surface area contributed by atoms with Gasteiger partial charge in [-0.05, 0) is 74.0 Å². The van der Waals surface area contributed by atoms with Crippen LogP contribution in [0.4, 0.5) is 0 Å². The van der Waals surface area contributed by atoms with Gasteiger partial charge in [-0.3, -0.25) is 0 Å². The molecule has 0 N–H and O–H groups in total. The molecule has 0 spiro atoms. The van der Waals surface area contributed by atoms with E-state index in [9.17, 15) is 0 Å². The lowest BCUT2D eigenvalue weighted by molar-refractivity contribution is -0.0981. The summed E-state index contributed by atoms with van der Waals surface area (Å²) in [6.45, 7) is 5.13. The first kappa shape index (κ1) is 13.9. The molecular formula is C21H30. The fourth-order valence-electron chi connectivity index (χ4n) is 7.09. The van der Waals surface area contributed by atoms with Gasteiger partial charge in [0.15, 0.2) is 0 Å². The molecule has 0 aromatic rings. The Balaban J connectivity index is 1.65. The van der Waals surface area contributed by atoms with Crippen LogP contribution in [0.1, 0.15) is 71.6 Å². The molecule has 0 heteroatoms. The highest BCUT2D eigenvalue weighted by atomic mass is 14.6. The van der Waals surface area contributed by atoms with Crippen LogP contribution < -0.4 is 0 Å². The first-order valence-electron chi connectivity index (χ1n) is 9.27. The molecule has 0 bridgehead atoms. The summed E-state index contributed by atoms with van der Waals surface area (Å²) in [5, 5.41) is 0. The Bertz CT molecular complexity index is 507. The van der Waals surface area contributed by atoms with E-state index in [2.05, 4.69) is 25.8 Å². The molecule has 0 radical (unpaired) electrons. The van der Waals surface area contributed by atoms with Crippen molar-refractivity contribution < 1.29 is 0 Å². The minimum Gasteiger partial charge on any atom is -0.115 e. The summed E-state index contributed by atoms with van der Waals surface area (Å²) >= 11 is 0. The van der Waals surface area contributed by atoms with Crippen molar-refractivity contribution in [1.29, 1.82) is 0 Å². The van der Waals surface area contributed by atoms with Crippen molar-refractivity contribution >= 4 is 0 Å². The largest absolute Gasteiger partial charge is 0.115 e. The number of fused-ring (bicyclic) bond motifs is 5. The molecule has 0 heterocycles. The van der Waals surface area contributed by atoms with Gasteiger partial charge in [-0.15, -0.1) is 6.42 Å². The maximum atomic E-state index is 5.81. The normalized spacial score (nSPS) is 52.1. The van der Waals surface area contributed by atoms with Crippen molar-refractivity contribution in [2.45, 2.75) is 71.6 Å². The molecule has 3 saturated carbocycles. The smallest absolute Gasteiger partial charge is 0.00399 e. The van der Waals surface area contributed by atoms with Gasteiger partial charge in [0, 0.05) is 11.0 Å². The number of terminal acetylenes is 1. The third kappa shape index (κ3) is 1.76. The SMILES string of the molecule is C#CC1=CC[C@H]2[C@@H]3CCC4CCCC[C@]4(C)[C@H]3CC[C@]12C. The molecule has 0 amide bonds. The molecule has 114 valence electrons. The van der Waals surface area contributed by atoms with E-state index in [1.165, 1.54) is 63.4 Å². The monoisotopic (exact) mass is 282 g/mol. The summed E-state index contributed by atoms with van der Waals surface area (Å²) in [4.78, 5) is 0. The maximum Gasteiger partial charge on any atom is 0.00399 e. The highest BCUT2D eigenvalue weighted by Crippen LogP contribution is 2.66. The Kier molecular flexibility index (Phi) is 3.08. The summed E-state index contributed by atoms with van der Waals surface area (Å²) < 4.78 is 0. The van der Waals surface area contributed by atoms with Crippen molar-refractivity contribution in [1.82, 2.24) is 0 Å². The molecule has 0 nitrogen and oxygen atoms in total. The Morgan fingerprint density at radius 2 is 1.90 bits per heavy atom. The molecule has 0 aromatic carbocycles. The first-order chi connectivity index (χ1) is 10.1. The van der Waals surface area contributed by atoms with E-state index < -0.39 is 0 Å². The minimum absolute atomic E-state index is 0.341. The molecule has 4 aliphatic rings. The number of hydrogen-bond donors (Lipinski definition) is 0. The molecule has 0 aromatic heterocycles. The average molecular weight is 282 g/mol. The molecule has 21 heavy (non-hydrogen) atoms. The lowest BCUT2D eigenvalue weighted by Gasteiger charge is -2.60. The molecule has 0 saturated heterocycles. The second kappa shape index (κ2) is 4.65. The second-order valence-electron chi connectivity index (χ2n) is 8.86. The van der Waals surface area contributed by atoms with Crippen LogP contribution in [-0.2, 0) is 0 Å². The first-order valence-corrected chi connectivity index (χ1v) is 9.27. The van der Waals surface area contributed by atoms with Crippen LogP contribution in [-0.4, -0.2) is 0 Å². The predicted molar refractivity (Wildman–Crippen MR) is 88.6 cm³/mol. The Morgan fingerprint density at radius 1 is 1.05 bits per heavy atom. The van der Waals surface area contributed by atoms with E-state index in [0.29, 0.717) is 10.8 Å². The van der Waals surface area contributed by atoms with Gasteiger partial charge in [0.1, 0.15) is 0 Å². The Labute approximate surface area is 130 Å². The second-order valence-corrected chi connectivity index (χ2v) is 8.86. The number of rotatable bonds is 0. The van der Waals surface area contributed by atoms with Crippen molar-refractivity contribution in [2.24, 2.45) is 34.5 Å². The standard InChI is InChI=1S/C21H30/c1-4-15-9-11-18-17-10-8-16-7-5-6-13-20(16,2)19(17)12-14-21(15,18)3/h1,9,16-19H,5-8,10-14H2,2-3H3/t16?,17-,18-,19-,20-,21+/m0/s1. The highest BCUT2D eigenvalue weighted by Gasteiger charge is 2.57. The van der Waals surface area contributed by atoms with Gasteiger partial charge in [0.25, 0.3) is 0 Å². The third-order valence-corrected chi connectivity index (χ3v) is 8.32. The summed E-state index contributed by atoms with van der Waals surface area (Å²) in [5.74, 6) is 6.84. The van der Waals surface area contributed by atoms with Crippen LogP contribution in [0.5, 0.6) is 0 Å². The van der Waals surface area contributed by atoms with E-state index in [1.54, 1.807) is 0 Å². The summed E-state index contributed by atoms with van der Waals surface area (Å²) in [6.07, 6.45) is 21.2. The van der Waals surface area contributed by atoms with E-state index >= 15 is 0 Å². The average Bonchev–Trinajstić information content (AvgIpc) is 2.83. The molecule has 0 aliphatic heterocycles. The summed E-state index contributed by atoms with van der Waals surface area (Å²) in [7, 11) is 0. The minimum atomic E-state index is 0.341. The van der Waals surface area contributed by atoms with Crippen molar-refractivity contribution in [3.8, 4) is 12.3 Å². The van der Waals surface area contributed by atoms with Crippen LogP contribution in [0.2, 0.25) is 0 Å². The van der Waals surface area contributed by atoms with Gasteiger partial charge < -0.3 is 0 Å². The van der Waals surface area contributed by atoms with Gasteiger partial charge in [0.05, 0.1) is 0 Å². The van der Waals surface area contributed by atoms with Gasteiger partial charge in [-0.25, -0.2) is 0 Å². The zero-order valence-electron chi connectivity index (χ0n) is 13.8. The van der Waals surface area contributed by atoms with E-state index in [-0.39, 0.29) is 0 Å². The zero-order valence-corrected chi connectivity index (χ0v) is 13.8. The predicted octanol–water partition coefficient (Wildman–Crippen LogP) is 5.59. The van der Waals surface area contributed by atoms with E-state index in [4.69, 9.17) is 6.42 Å². The van der Waals surface area contributed by atoms with E-state index in [1.807, 2.05) is 0 Å². The van der Waals surface area contributed by atoms with Gasteiger partial charge in [-0.2, -0.15) is 0 Å². The molecule has 4 aliphatic carbocycles. The molecule has 6 atom stereocenters. The third-order valence-electron chi connectivity index (χ3n) is 8.32. The van der Waals surface area contributed by atoms with Crippen LogP contribution in [0.25, 0.3) is 0 Å². The fraction of sp³-hybridized carbons (Fsp3) is 0.810. The summed E-state index contributed by atoms with van der Waals surface area (Å²) in [5.41, 5.74) is 2.33.